The first-order chi connectivity index (χ1) is 17.4. The highest BCUT2D eigenvalue weighted by Crippen LogP contribution is 2.37. The highest BCUT2D eigenvalue weighted by atomic mass is 127. The molecule has 5 nitrogen and oxygen atoms in total. The van der Waals surface area contributed by atoms with Crippen LogP contribution in [-0.4, -0.2) is 55.9 Å². The third kappa shape index (κ3) is 6.54. The molecule has 3 aromatic rings. The quantitative estimate of drug-likeness (QED) is 0.185. The Balaban J connectivity index is 2.10. The summed E-state index contributed by atoms with van der Waals surface area (Å²) in [4.78, 5) is 0.221. The van der Waals surface area contributed by atoms with Crippen LogP contribution in [0.5, 0.6) is 0 Å². The maximum Gasteiger partial charge on any atom is 0.261 e. The number of aliphatic hydroxyl groups is 1. The molecule has 8 heteroatoms. The lowest BCUT2D eigenvalue weighted by molar-refractivity contribution is 0.0711. The lowest BCUT2D eigenvalue weighted by Crippen LogP contribution is -2.68. The zero-order valence-electron chi connectivity index (χ0n) is 22.3. The van der Waals surface area contributed by atoms with Crippen molar-refractivity contribution in [2.45, 2.75) is 56.7 Å². The second-order valence-corrected chi connectivity index (χ2v) is 17.7. The zero-order chi connectivity index (χ0) is 27.3. The molecule has 0 amide bonds. The largest absolute Gasteiger partial charge is 0.406 e. The average molecular weight is 652 g/mol. The van der Waals surface area contributed by atoms with Crippen molar-refractivity contribution in [3.8, 4) is 0 Å². The van der Waals surface area contributed by atoms with Gasteiger partial charge in [-0.3, -0.25) is 0 Å². The summed E-state index contributed by atoms with van der Waals surface area (Å²) in [5.41, 5.74) is 0.987. The van der Waals surface area contributed by atoms with Gasteiger partial charge in [0.2, 0.25) is 10.0 Å². The Morgan fingerprint density at radius 2 is 1.41 bits per heavy atom. The molecular weight excluding hydrogens is 613 g/mol. The number of aryl methyl sites for hydroxylation is 1. The number of sulfonamides is 1. The lowest BCUT2D eigenvalue weighted by atomic mass is 10.2. The molecule has 0 radical (unpaired) electrons. The minimum Gasteiger partial charge on any atom is -0.406 e. The van der Waals surface area contributed by atoms with Crippen LogP contribution in [0, 0.1) is 6.92 Å². The number of alkyl halides is 1. The molecule has 3 aromatic carbocycles. The molecule has 0 aromatic heterocycles. The lowest BCUT2D eigenvalue weighted by Gasteiger charge is -2.44. The molecule has 0 fully saturated rings. The van der Waals surface area contributed by atoms with E-state index in [1.807, 2.05) is 43.3 Å². The Kier molecular flexibility index (Phi) is 10.2. The first kappa shape index (κ1) is 30.0. The number of aliphatic hydroxyl groups excluding tert-OH is 1. The Morgan fingerprint density at radius 3 is 1.81 bits per heavy atom. The van der Waals surface area contributed by atoms with Gasteiger partial charge in [0.1, 0.15) is 0 Å². The molecule has 1 N–H and O–H groups in total. The summed E-state index contributed by atoms with van der Waals surface area (Å²) in [6.45, 7) is 10.5. The third-order valence-electron chi connectivity index (χ3n) is 6.75. The van der Waals surface area contributed by atoms with Gasteiger partial charge >= 0.3 is 0 Å². The molecule has 0 aliphatic carbocycles. The van der Waals surface area contributed by atoms with Crippen molar-refractivity contribution in [1.82, 2.24) is 4.31 Å². The third-order valence-corrected chi connectivity index (χ3v) is 14.2. The molecule has 0 aliphatic rings. The van der Waals surface area contributed by atoms with Crippen LogP contribution in [0.4, 0.5) is 0 Å². The number of hydrogen-bond donors (Lipinski definition) is 1. The van der Waals surface area contributed by atoms with Crippen LogP contribution in [-0.2, 0) is 14.4 Å². The van der Waals surface area contributed by atoms with Crippen LogP contribution in [0.2, 0.25) is 5.04 Å². The van der Waals surface area contributed by atoms with Crippen molar-refractivity contribution in [3.05, 3.63) is 90.5 Å². The van der Waals surface area contributed by atoms with Crippen LogP contribution in [0.3, 0.4) is 0 Å². The Bertz CT molecular complexity index is 1190. The van der Waals surface area contributed by atoms with Crippen molar-refractivity contribution >= 4 is 51.3 Å². The van der Waals surface area contributed by atoms with Crippen LogP contribution >= 0.6 is 22.6 Å². The normalized spacial score (nSPS) is 14.5. The standard InChI is InChI=1S/C29H38INO4SSi/c1-23-16-18-25(19-17-23)36(33,34)31(21-20-30)28(24(2)32)22-35-37(29(3,4)5,26-12-8-6-9-13-26)27-14-10-7-11-15-27/h6-19,24,28,32H,20-22H2,1-5H3/t24-,28-/m1/s1. The van der Waals surface area contributed by atoms with Gasteiger partial charge in [0.05, 0.1) is 23.6 Å². The van der Waals surface area contributed by atoms with E-state index in [2.05, 4.69) is 67.6 Å². The Hall–Kier alpha value is -1.56. The molecule has 0 bridgehead atoms. The van der Waals surface area contributed by atoms with Crippen LogP contribution in [0.15, 0.2) is 89.8 Å². The topological polar surface area (TPSA) is 66.8 Å². The molecule has 0 saturated heterocycles. The first-order valence-electron chi connectivity index (χ1n) is 12.5. The molecule has 0 aliphatic heterocycles. The van der Waals surface area contributed by atoms with Crippen molar-refractivity contribution in [2.24, 2.45) is 0 Å². The highest BCUT2D eigenvalue weighted by molar-refractivity contribution is 14.1. The van der Waals surface area contributed by atoms with E-state index in [0.717, 1.165) is 15.9 Å². The molecule has 0 unspecified atom stereocenters. The summed E-state index contributed by atoms with van der Waals surface area (Å²) in [7, 11) is -6.76. The zero-order valence-corrected chi connectivity index (χ0v) is 26.2. The van der Waals surface area contributed by atoms with E-state index in [-0.39, 0.29) is 23.1 Å². The van der Waals surface area contributed by atoms with Crippen molar-refractivity contribution in [2.75, 3.05) is 17.6 Å². The average Bonchev–Trinajstić information content (AvgIpc) is 2.86. The van der Waals surface area contributed by atoms with E-state index in [4.69, 9.17) is 4.43 Å². The van der Waals surface area contributed by atoms with E-state index < -0.39 is 30.5 Å². The summed E-state index contributed by atoms with van der Waals surface area (Å²) in [5, 5.41) is 12.9. The monoisotopic (exact) mass is 651 g/mol. The summed E-state index contributed by atoms with van der Waals surface area (Å²) >= 11 is 2.18. The Morgan fingerprint density at radius 1 is 0.919 bits per heavy atom. The molecule has 3 rings (SSSR count). The predicted octanol–water partition coefficient (Wildman–Crippen LogP) is 4.75. The van der Waals surface area contributed by atoms with E-state index in [9.17, 15) is 13.5 Å². The molecule has 0 heterocycles. The van der Waals surface area contributed by atoms with Crippen LogP contribution in [0.1, 0.15) is 33.3 Å². The molecule has 2 atom stereocenters. The molecule has 37 heavy (non-hydrogen) atoms. The summed E-state index contributed by atoms with van der Waals surface area (Å²) in [5.74, 6) is 0. The number of benzene rings is 3. The first-order valence-corrected chi connectivity index (χ1v) is 17.4. The van der Waals surface area contributed by atoms with Gasteiger partial charge in [-0.05, 0) is 41.4 Å². The van der Waals surface area contributed by atoms with Gasteiger partial charge in [0, 0.05) is 11.0 Å². The van der Waals surface area contributed by atoms with Crippen molar-refractivity contribution in [3.63, 3.8) is 0 Å². The summed E-state index contributed by atoms with van der Waals surface area (Å²) in [6.07, 6.45) is -0.929. The predicted molar refractivity (Wildman–Crippen MR) is 163 cm³/mol. The number of halogens is 1. The Labute approximate surface area is 237 Å². The number of rotatable bonds is 11. The van der Waals surface area contributed by atoms with Crippen molar-refractivity contribution in [1.29, 1.82) is 0 Å². The van der Waals surface area contributed by atoms with E-state index >= 15 is 0 Å². The van der Waals surface area contributed by atoms with Gasteiger partial charge < -0.3 is 9.53 Å². The van der Waals surface area contributed by atoms with Crippen LogP contribution < -0.4 is 10.4 Å². The van der Waals surface area contributed by atoms with Gasteiger partial charge in [-0.2, -0.15) is 4.31 Å². The fraction of sp³-hybridized carbons (Fsp3) is 0.379. The SMILES string of the molecule is Cc1ccc(S(=O)(=O)N(CCI)[C@H](CO[Si](c2ccccc2)(c2ccccc2)C(C)(C)C)[C@@H](C)O)cc1. The fourth-order valence-electron chi connectivity index (χ4n) is 4.83. The molecule has 0 saturated carbocycles. The second-order valence-electron chi connectivity index (χ2n) is 10.4. The van der Waals surface area contributed by atoms with Gasteiger partial charge in [-0.15, -0.1) is 0 Å². The maximum absolute atomic E-state index is 13.8. The van der Waals surface area contributed by atoms with Gasteiger partial charge in [-0.1, -0.05) is 122 Å². The second kappa shape index (κ2) is 12.5. The van der Waals surface area contributed by atoms with Gasteiger partial charge in [0.15, 0.2) is 0 Å². The number of hydrogen-bond acceptors (Lipinski definition) is 4. The van der Waals surface area contributed by atoms with Gasteiger partial charge in [0.25, 0.3) is 8.32 Å². The number of nitrogens with zero attached hydrogens (tertiary/aromatic N) is 1. The maximum atomic E-state index is 13.8. The smallest absolute Gasteiger partial charge is 0.261 e. The van der Waals surface area contributed by atoms with Crippen molar-refractivity contribution < 1.29 is 18.0 Å². The van der Waals surface area contributed by atoms with Crippen LogP contribution in [0.25, 0.3) is 0 Å². The molecule has 0 spiro atoms. The molecular formula is C29H38INO4SSi. The van der Waals surface area contributed by atoms with E-state index in [0.29, 0.717) is 4.43 Å². The van der Waals surface area contributed by atoms with E-state index in [1.165, 1.54) is 4.31 Å². The summed E-state index contributed by atoms with van der Waals surface area (Å²) in [6, 6.07) is 26.6. The fourth-order valence-corrected chi connectivity index (χ4v) is 11.9. The minimum absolute atomic E-state index is 0.0761. The van der Waals surface area contributed by atoms with Gasteiger partial charge in [-0.25, -0.2) is 8.42 Å². The van der Waals surface area contributed by atoms with E-state index in [1.54, 1.807) is 31.2 Å². The summed E-state index contributed by atoms with van der Waals surface area (Å²) < 4.78 is 36.7. The highest BCUT2D eigenvalue weighted by Gasteiger charge is 2.51. The minimum atomic E-state index is -3.85. The molecule has 200 valence electrons.